The summed E-state index contributed by atoms with van der Waals surface area (Å²) in [6.45, 7) is 0.226. The van der Waals surface area contributed by atoms with E-state index in [1.54, 1.807) is 6.08 Å². The van der Waals surface area contributed by atoms with E-state index < -0.39 is 12.1 Å². The Hall–Kier alpha value is -2.30. The van der Waals surface area contributed by atoms with Crippen molar-refractivity contribution in [1.82, 2.24) is 5.32 Å². The highest BCUT2D eigenvalue weighted by atomic mass is 16.5. The van der Waals surface area contributed by atoms with Crippen LogP contribution in [0.15, 0.2) is 42.5 Å². The van der Waals surface area contributed by atoms with E-state index in [1.807, 2.05) is 30.3 Å². The molecule has 1 saturated carbocycles. The number of carbonyl (C=O) groups excluding carboxylic acids is 2. The van der Waals surface area contributed by atoms with Crippen LogP contribution in [0.3, 0.4) is 0 Å². The van der Waals surface area contributed by atoms with Crippen LogP contribution >= 0.6 is 0 Å². The average Bonchev–Trinajstić information content (AvgIpc) is 2.66. The van der Waals surface area contributed by atoms with Crippen molar-refractivity contribution in [1.29, 1.82) is 0 Å². The second-order valence-corrected chi connectivity index (χ2v) is 6.43. The maximum absolute atomic E-state index is 12.1. The van der Waals surface area contributed by atoms with Gasteiger partial charge in [0.25, 0.3) is 0 Å². The number of benzene rings is 1. The van der Waals surface area contributed by atoms with Crippen molar-refractivity contribution in [2.45, 2.75) is 51.2 Å². The minimum absolute atomic E-state index is 0.226. The van der Waals surface area contributed by atoms with Gasteiger partial charge in [0.05, 0.1) is 13.2 Å². The van der Waals surface area contributed by atoms with E-state index in [1.165, 1.54) is 45.3 Å². The molecule has 2 rings (SSSR count). The van der Waals surface area contributed by atoms with Gasteiger partial charge in [-0.1, -0.05) is 68.5 Å². The van der Waals surface area contributed by atoms with Crippen LogP contribution in [-0.2, 0) is 20.9 Å². The van der Waals surface area contributed by atoms with Crippen LogP contribution in [0.5, 0.6) is 0 Å². The van der Waals surface area contributed by atoms with Crippen LogP contribution in [0.25, 0.3) is 0 Å². The van der Waals surface area contributed by atoms with Crippen molar-refractivity contribution >= 4 is 12.1 Å². The number of rotatable bonds is 7. The summed E-state index contributed by atoms with van der Waals surface area (Å²) in [5.74, 6) is 0.142. The summed E-state index contributed by atoms with van der Waals surface area (Å²) in [5.41, 5.74) is 0.937. The Kier molecular flexibility index (Phi) is 8.02. The van der Waals surface area contributed by atoms with Crippen molar-refractivity contribution < 1.29 is 19.1 Å². The SMILES string of the molecule is COC(=O)/C=C\[C@H](CC1CCCCC1)NC(=O)OCc1ccccc1. The first-order valence-electron chi connectivity index (χ1n) is 8.90. The summed E-state index contributed by atoms with van der Waals surface area (Å²) in [4.78, 5) is 23.5. The van der Waals surface area contributed by atoms with Crippen LogP contribution in [0.1, 0.15) is 44.1 Å². The molecule has 1 aliphatic rings. The standard InChI is InChI=1S/C20H27NO4/c1-24-19(22)13-12-18(14-16-8-4-2-5-9-16)21-20(23)25-15-17-10-6-3-7-11-17/h3,6-7,10-13,16,18H,2,4-5,8-9,14-15H2,1H3,(H,21,23)/b13-12-/t18-/m1/s1. The monoisotopic (exact) mass is 345 g/mol. The number of alkyl carbamates (subject to hydrolysis) is 1. The number of methoxy groups -OCH3 is 1. The molecule has 0 heterocycles. The van der Waals surface area contributed by atoms with Crippen LogP contribution in [0.4, 0.5) is 4.79 Å². The number of hydrogen-bond donors (Lipinski definition) is 1. The van der Waals surface area contributed by atoms with Crippen LogP contribution in [0.2, 0.25) is 0 Å². The fraction of sp³-hybridized carbons (Fsp3) is 0.500. The quantitative estimate of drug-likeness (QED) is 0.600. The molecule has 0 aliphatic heterocycles. The topological polar surface area (TPSA) is 64.6 Å². The fourth-order valence-corrected chi connectivity index (χ4v) is 3.15. The first-order valence-corrected chi connectivity index (χ1v) is 8.90. The molecule has 1 fully saturated rings. The van der Waals surface area contributed by atoms with Gasteiger partial charge in [-0.3, -0.25) is 0 Å². The van der Waals surface area contributed by atoms with Gasteiger partial charge in [0.2, 0.25) is 0 Å². The molecule has 1 aromatic carbocycles. The second-order valence-electron chi connectivity index (χ2n) is 6.43. The highest BCUT2D eigenvalue weighted by molar-refractivity contribution is 5.82. The fourth-order valence-electron chi connectivity index (χ4n) is 3.15. The minimum Gasteiger partial charge on any atom is -0.466 e. The number of amides is 1. The summed E-state index contributed by atoms with van der Waals surface area (Å²) in [7, 11) is 1.34. The Morgan fingerprint density at radius 3 is 2.60 bits per heavy atom. The normalized spacial score (nSPS) is 16.4. The Morgan fingerprint density at radius 2 is 1.92 bits per heavy atom. The molecule has 1 N–H and O–H groups in total. The second kappa shape index (κ2) is 10.5. The molecule has 136 valence electrons. The largest absolute Gasteiger partial charge is 0.466 e. The van der Waals surface area contributed by atoms with Gasteiger partial charge in [0, 0.05) is 6.08 Å². The Bertz CT molecular complexity index is 564. The molecule has 0 spiro atoms. The van der Waals surface area contributed by atoms with Crippen molar-refractivity contribution in [3.05, 3.63) is 48.0 Å². The molecule has 1 aromatic rings. The number of nitrogens with one attached hydrogen (secondary N) is 1. The van der Waals surface area contributed by atoms with Crippen molar-refractivity contribution in [3.8, 4) is 0 Å². The number of carbonyl (C=O) groups is 2. The highest BCUT2D eigenvalue weighted by Crippen LogP contribution is 2.27. The predicted octanol–water partition coefficient (Wildman–Crippen LogP) is 3.98. The van der Waals surface area contributed by atoms with Gasteiger partial charge in [-0.15, -0.1) is 0 Å². The average molecular weight is 345 g/mol. The zero-order chi connectivity index (χ0) is 17.9. The Balaban J connectivity index is 1.87. The van der Waals surface area contributed by atoms with E-state index in [9.17, 15) is 9.59 Å². The van der Waals surface area contributed by atoms with Gasteiger partial charge in [-0.2, -0.15) is 0 Å². The van der Waals surface area contributed by atoms with Gasteiger partial charge in [0.1, 0.15) is 6.61 Å². The lowest BCUT2D eigenvalue weighted by molar-refractivity contribution is -0.134. The lowest BCUT2D eigenvalue weighted by Crippen LogP contribution is -2.35. The maximum Gasteiger partial charge on any atom is 0.407 e. The summed E-state index contributed by atoms with van der Waals surface area (Å²) in [5, 5.41) is 2.86. The third kappa shape index (κ3) is 7.42. The number of hydrogen-bond acceptors (Lipinski definition) is 4. The minimum atomic E-state index is -0.473. The van der Waals surface area contributed by atoms with Crippen LogP contribution in [-0.4, -0.2) is 25.2 Å². The molecule has 0 bridgehead atoms. The van der Waals surface area contributed by atoms with Gasteiger partial charge in [0.15, 0.2) is 0 Å². The molecule has 0 aromatic heterocycles. The molecule has 1 aliphatic carbocycles. The summed E-state index contributed by atoms with van der Waals surface area (Å²) >= 11 is 0. The molecule has 0 unspecified atom stereocenters. The Morgan fingerprint density at radius 1 is 1.20 bits per heavy atom. The zero-order valence-electron chi connectivity index (χ0n) is 14.8. The molecule has 0 radical (unpaired) electrons. The van der Waals surface area contributed by atoms with Gasteiger partial charge in [-0.05, 0) is 17.9 Å². The molecule has 0 saturated heterocycles. The van der Waals surface area contributed by atoms with Gasteiger partial charge in [-0.25, -0.2) is 9.59 Å². The van der Waals surface area contributed by atoms with Crippen LogP contribution in [0, 0.1) is 5.92 Å². The van der Waals surface area contributed by atoms with E-state index in [4.69, 9.17) is 4.74 Å². The van der Waals surface area contributed by atoms with E-state index >= 15 is 0 Å². The predicted molar refractivity (Wildman–Crippen MR) is 95.9 cm³/mol. The summed E-state index contributed by atoms with van der Waals surface area (Å²) in [6.07, 6.45) is 9.49. The van der Waals surface area contributed by atoms with Gasteiger partial charge < -0.3 is 14.8 Å². The lowest BCUT2D eigenvalue weighted by atomic mass is 9.85. The number of ether oxygens (including phenoxy) is 2. The van der Waals surface area contributed by atoms with Crippen molar-refractivity contribution in [2.24, 2.45) is 5.92 Å². The van der Waals surface area contributed by atoms with E-state index in [0.29, 0.717) is 5.92 Å². The third-order valence-corrected chi connectivity index (χ3v) is 4.49. The van der Waals surface area contributed by atoms with Gasteiger partial charge >= 0.3 is 12.1 Å². The molecule has 1 amide bonds. The summed E-state index contributed by atoms with van der Waals surface area (Å²) in [6, 6.07) is 9.31. The summed E-state index contributed by atoms with van der Waals surface area (Å²) < 4.78 is 9.91. The van der Waals surface area contributed by atoms with Crippen molar-refractivity contribution in [3.63, 3.8) is 0 Å². The maximum atomic E-state index is 12.1. The van der Waals surface area contributed by atoms with E-state index in [2.05, 4.69) is 10.1 Å². The molecule has 25 heavy (non-hydrogen) atoms. The van der Waals surface area contributed by atoms with E-state index in [-0.39, 0.29) is 12.6 Å². The molecular formula is C20H27NO4. The first kappa shape index (κ1) is 19.0. The highest BCUT2D eigenvalue weighted by Gasteiger charge is 2.19. The van der Waals surface area contributed by atoms with Crippen molar-refractivity contribution in [2.75, 3.05) is 7.11 Å². The lowest BCUT2D eigenvalue weighted by Gasteiger charge is -2.25. The zero-order valence-corrected chi connectivity index (χ0v) is 14.8. The smallest absolute Gasteiger partial charge is 0.407 e. The van der Waals surface area contributed by atoms with E-state index in [0.717, 1.165) is 12.0 Å². The molecule has 5 nitrogen and oxygen atoms in total. The number of esters is 1. The Labute approximate surface area is 149 Å². The third-order valence-electron chi connectivity index (χ3n) is 4.49. The molecular weight excluding hydrogens is 318 g/mol. The first-order chi connectivity index (χ1) is 12.2. The molecule has 5 heteroatoms. The van der Waals surface area contributed by atoms with Crippen LogP contribution < -0.4 is 5.32 Å². The molecule has 1 atom stereocenters.